The van der Waals surface area contributed by atoms with E-state index in [0.717, 1.165) is 26.1 Å². The quantitative estimate of drug-likeness (QED) is 0.556. The third kappa shape index (κ3) is 4.22. The van der Waals surface area contributed by atoms with Crippen molar-refractivity contribution < 1.29 is 0 Å². The fourth-order valence-corrected chi connectivity index (χ4v) is 1.56. The van der Waals surface area contributed by atoms with Gasteiger partial charge in [0, 0.05) is 37.9 Å². The summed E-state index contributed by atoms with van der Waals surface area (Å²) in [5.41, 5.74) is 1.36. The van der Waals surface area contributed by atoms with Gasteiger partial charge in [0.1, 0.15) is 0 Å². The largest absolute Gasteiger partial charge is 0.350 e. The van der Waals surface area contributed by atoms with Gasteiger partial charge in [-0.05, 0) is 25.5 Å². The second kappa shape index (κ2) is 7.14. The topological polar surface area (TPSA) is 17.0 Å². The Labute approximate surface area is 92.7 Å². The van der Waals surface area contributed by atoms with E-state index in [-0.39, 0.29) is 0 Å². The summed E-state index contributed by atoms with van der Waals surface area (Å²) >= 11 is 0. The first-order valence-electron chi connectivity index (χ1n) is 5.62. The van der Waals surface area contributed by atoms with Crippen molar-refractivity contribution in [1.29, 1.82) is 0 Å². The van der Waals surface area contributed by atoms with Crippen LogP contribution in [0.5, 0.6) is 0 Å². The van der Waals surface area contributed by atoms with E-state index in [1.807, 2.05) is 6.92 Å². The third-order valence-corrected chi connectivity index (χ3v) is 2.30. The van der Waals surface area contributed by atoms with Crippen molar-refractivity contribution in [2.24, 2.45) is 0 Å². The molecule has 2 nitrogen and oxygen atoms in total. The molecule has 0 saturated heterocycles. The number of rotatable bonds is 6. The zero-order valence-electron chi connectivity index (χ0n) is 9.71. The van der Waals surface area contributed by atoms with E-state index >= 15 is 0 Å². The Morgan fingerprint density at radius 2 is 2.33 bits per heavy atom. The maximum atomic E-state index is 3.40. The summed E-state index contributed by atoms with van der Waals surface area (Å²) in [6.07, 6.45) is 4.26. The van der Waals surface area contributed by atoms with Crippen LogP contribution in [0.3, 0.4) is 0 Å². The molecule has 0 spiro atoms. The van der Waals surface area contributed by atoms with Gasteiger partial charge in [-0.2, -0.15) is 0 Å². The highest BCUT2D eigenvalue weighted by Gasteiger charge is 1.98. The molecule has 0 aromatic carbocycles. The van der Waals surface area contributed by atoms with Crippen LogP contribution in [-0.2, 0) is 13.1 Å². The normalized spacial score (nSPS) is 9.73. The van der Waals surface area contributed by atoms with Crippen molar-refractivity contribution in [1.82, 2.24) is 9.88 Å². The van der Waals surface area contributed by atoms with Crippen molar-refractivity contribution in [3.8, 4) is 11.8 Å². The molecule has 0 fully saturated rings. The van der Waals surface area contributed by atoms with Crippen LogP contribution in [0.25, 0.3) is 0 Å². The molecule has 0 saturated carbocycles. The van der Waals surface area contributed by atoms with Gasteiger partial charge in [-0.25, -0.2) is 0 Å². The maximum absolute atomic E-state index is 3.40. The number of hydrogen-bond donors (Lipinski definition) is 1. The lowest BCUT2D eigenvalue weighted by molar-refractivity contribution is 0.606. The lowest BCUT2D eigenvalue weighted by Gasteiger charge is -2.08. The summed E-state index contributed by atoms with van der Waals surface area (Å²) in [6.45, 7) is 7.11. The monoisotopic (exact) mass is 204 g/mol. The minimum absolute atomic E-state index is 0.936. The van der Waals surface area contributed by atoms with Crippen LogP contribution in [-0.4, -0.2) is 11.1 Å². The van der Waals surface area contributed by atoms with E-state index in [1.165, 1.54) is 12.1 Å². The van der Waals surface area contributed by atoms with Gasteiger partial charge < -0.3 is 9.88 Å². The van der Waals surface area contributed by atoms with Crippen molar-refractivity contribution in [3.63, 3.8) is 0 Å². The fourth-order valence-electron chi connectivity index (χ4n) is 1.56. The molecule has 82 valence electrons. The van der Waals surface area contributed by atoms with Gasteiger partial charge in [-0.15, -0.1) is 11.8 Å². The Kier molecular flexibility index (Phi) is 5.65. The summed E-state index contributed by atoms with van der Waals surface area (Å²) in [5, 5.41) is 3.40. The number of nitrogens with one attached hydrogen (secondary N) is 1. The average molecular weight is 204 g/mol. The molecule has 0 aliphatic carbocycles. The molecule has 1 heterocycles. The molecule has 1 rings (SSSR count). The Bertz CT molecular complexity index is 328. The Morgan fingerprint density at radius 1 is 1.47 bits per heavy atom. The zero-order chi connectivity index (χ0) is 10.9. The van der Waals surface area contributed by atoms with E-state index in [9.17, 15) is 0 Å². The maximum Gasteiger partial charge on any atom is 0.0359 e. The molecule has 2 heteroatoms. The molecule has 15 heavy (non-hydrogen) atoms. The Morgan fingerprint density at radius 3 is 3.07 bits per heavy atom. The summed E-state index contributed by atoms with van der Waals surface area (Å²) < 4.78 is 2.30. The van der Waals surface area contributed by atoms with Gasteiger partial charge in [0.05, 0.1) is 0 Å². The van der Waals surface area contributed by atoms with Crippen LogP contribution < -0.4 is 5.32 Å². The molecule has 1 N–H and O–H groups in total. The van der Waals surface area contributed by atoms with E-state index in [2.05, 4.69) is 47.0 Å². The fraction of sp³-hybridized carbons (Fsp3) is 0.538. The minimum atomic E-state index is 0.936. The van der Waals surface area contributed by atoms with Crippen LogP contribution in [0.4, 0.5) is 0 Å². The predicted molar refractivity (Wildman–Crippen MR) is 64.5 cm³/mol. The standard InChI is InChI=1S/C13H20N2/c1-3-5-6-9-14-12-13-8-7-11-15(13)10-4-2/h7-8,11,14H,4,6,9-10,12H2,1-2H3. The lowest BCUT2D eigenvalue weighted by Crippen LogP contribution is -2.16. The number of nitrogens with zero attached hydrogens (tertiary/aromatic N) is 1. The van der Waals surface area contributed by atoms with Gasteiger partial charge in [-0.1, -0.05) is 6.92 Å². The van der Waals surface area contributed by atoms with Crippen LogP contribution >= 0.6 is 0 Å². The highest BCUT2D eigenvalue weighted by atomic mass is 15.0. The van der Waals surface area contributed by atoms with E-state index < -0.39 is 0 Å². The SMILES string of the molecule is CC#CCCNCc1cccn1CCC. The molecule has 0 aliphatic heterocycles. The number of aryl methyl sites for hydroxylation is 1. The number of aromatic nitrogens is 1. The predicted octanol–water partition coefficient (Wildman–Crippen LogP) is 2.40. The Hall–Kier alpha value is -1.20. The Balaban J connectivity index is 2.29. The highest BCUT2D eigenvalue weighted by molar-refractivity contribution is 5.07. The van der Waals surface area contributed by atoms with E-state index in [1.54, 1.807) is 0 Å². The molecule has 0 amide bonds. The molecule has 1 aromatic rings. The summed E-state index contributed by atoms with van der Waals surface area (Å²) in [6, 6.07) is 4.28. The third-order valence-electron chi connectivity index (χ3n) is 2.30. The van der Waals surface area contributed by atoms with E-state index in [4.69, 9.17) is 0 Å². The zero-order valence-corrected chi connectivity index (χ0v) is 9.71. The van der Waals surface area contributed by atoms with Crippen LogP contribution in [0.15, 0.2) is 18.3 Å². The van der Waals surface area contributed by atoms with Gasteiger partial charge >= 0.3 is 0 Å². The molecule has 0 aliphatic rings. The molecular formula is C13H20N2. The van der Waals surface area contributed by atoms with Crippen molar-refractivity contribution in [2.45, 2.75) is 39.8 Å². The molecule has 0 radical (unpaired) electrons. The van der Waals surface area contributed by atoms with Gasteiger partial charge in [0.15, 0.2) is 0 Å². The van der Waals surface area contributed by atoms with Gasteiger partial charge in [-0.3, -0.25) is 0 Å². The second-order valence-electron chi connectivity index (χ2n) is 3.55. The molecule has 0 bridgehead atoms. The van der Waals surface area contributed by atoms with Crippen molar-refractivity contribution >= 4 is 0 Å². The first kappa shape index (κ1) is 11.9. The molecule has 1 aromatic heterocycles. The van der Waals surface area contributed by atoms with Gasteiger partial charge in [0.25, 0.3) is 0 Å². The summed E-state index contributed by atoms with van der Waals surface area (Å²) in [4.78, 5) is 0. The smallest absolute Gasteiger partial charge is 0.0359 e. The van der Waals surface area contributed by atoms with Crippen LogP contribution in [0.2, 0.25) is 0 Å². The lowest BCUT2D eigenvalue weighted by atomic mass is 10.3. The van der Waals surface area contributed by atoms with E-state index in [0.29, 0.717) is 0 Å². The second-order valence-corrected chi connectivity index (χ2v) is 3.55. The van der Waals surface area contributed by atoms with Crippen molar-refractivity contribution in [3.05, 3.63) is 24.0 Å². The van der Waals surface area contributed by atoms with Crippen LogP contribution in [0, 0.1) is 11.8 Å². The number of hydrogen-bond acceptors (Lipinski definition) is 1. The first-order chi connectivity index (χ1) is 7.38. The van der Waals surface area contributed by atoms with Crippen LogP contribution in [0.1, 0.15) is 32.4 Å². The summed E-state index contributed by atoms with van der Waals surface area (Å²) in [5.74, 6) is 5.95. The molecular weight excluding hydrogens is 184 g/mol. The minimum Gasteiger partial charge on any atom is -0.350 e. The highest BCUT2D eigenvalue weighted by Crippen LogP contribution is 2.02. The van der Waals surface area contributed by atoms with Crippen molar-refractivity contribution in [2.75, 3.05) is 6.54 Å². The molecule has 0 unspecified atom stereocenters. The van der Waals surface area contributed by atoms with Gasteiger partial charge in [0.2, 0.25) is 0 Å². The first-order valence-corrected chi connectivity index (χ1v) is 5.62. The summed E-state index contributed by atoms with van der Waals surface area (Å²) in [7, 11) is 0. The average Bonchev–Trinajstić information content (AvgIpc) is 2.66. The molecule has 0 atom stereocenters.